The van der Waals surface area contributed by atoms with Crippen molar-refractivity contribution >= 4 is 40.6 Å². The van der Waals surface area contributed by atoms with E-state index in [-0.39, 0.29) is 17.5 Å². The fourth-order valence-electron chi connectivity index (χ4n) is 2.62. The van der Waals surface area contributed by atoms with Gasteiger partial charge >= 0.3 is 5.97 Å². The normalized spacial score (nSPS) is 18.3. The van der Waals surface area contributed by atoms with Crippen LogP contribution < -0.4 is 0 Å². The van der Waals surface area contributed by atoms with Crippen molar-refractivity contribution in [2.45, 2.75) is 26.3 Å². The lowest BCUT2D eigenvalue weighted by molar-refractivity contribution is -0.123. The lowest BCUT2D eigenvalue weighted by Crippen LogP contribution is -2.36. The Bertz CT molecular complexity index is 905. The fourth-order valence-corrected chi connectivity index (χ4v) is 3.71. The van der Waals surface area contributed by atoms with Crippen molar-refractivity contribution in [3.05, 3.63) is 70.6 Å². The van der Waals surface area contributed by atoms with Crippen LogP contribution in [0.3, 0.4) is 0 Å². The third-order valence-electron chi connectivity index (χ3n) is 4.30. The molecule has 1 aliphatic heterocycles. The van der Waals surface area contributed by atoms with E-state index in [1.54, 1.807) is 23.1 Å². The molecule has 6 heteroatoms. The summed E-state index contributed by atoms with van der Waals surface area (Å²) in [6, 6.07) is 16.0. The lowest BCUT2D eigenvalue weighted by Gasteiger charge is -2.22. The Balaban J connectivity index is 1.94. The van der Waals surface area contributed by atoms with Crippen molar-refractivity contribution in [2.75, 3.05) is 0 Å². The highest BCUT2D eigenvalue weighted by atomic mass is 32.2. The van der Waals surface area contributed by atoms with E-state index in [1.165, 1.54) is 23.9 Å². The van der Waals surface area contributed by atoms with E-state index in [0.29, 0.717) is 10.1 Å². The number of thioether (sulfide) groups is 1. The van der Waals surface area contributed by atoms with E-state index in [9.17, 15) is 9.59 Å². The van der Waals surface area contributed by atoms with Gasteiger partial charge in [-0.25, -0.2) is 9.79 Å². The molecule has 1 N–H and O–H groups in total. The predicted octanol–water partition coefficient (Wildman–Crippen LogP) is 4.79. The Morgan fingerprint density at radius 3 is 2.44 bits per heavy atom. The summed E-state index contributed by atoms with van der Waals surface area (Å²) >= 11 is 1.34. The topological polar surface area (TPSA) is 70.0 Å². The maximum absolute atomic E-state index is 12.9. The van der Waals surface area contributed by atoms with Gasteiger partial charge in [-0.15, -0.1) is 0 Å². The molecular formula is C21H20N2O3S. The van der Waals surface area contributed by atoms with Crippen LogP contribution in [0.25, 0.3) is 6.08 Å². The van der Waals surface area contributed by atoms with E-state index < -0.39 is 5.97 Å². The van der Waals surface area contributed by atoms with E-state index in [2.05, 4.69) is 4.99 Å². The number of rotatable bonds is 5. The van der Waals surface area contributed by atoms with Gasteiger partial charge < -0.3 is 5.11 Å². The molecule has 1 atom stereocenters. The van der Waals surface area contributed by atoms with E-state index in [4.69, 9.17) is 5.11 Å². The molecule has 1 aliphatic rings. The quantitative estimate of drug-likeness (QED) is 0.758. The van der Waals surface area contributed by atoms with Crippen molar-refractivity contribution in [3.63, 3.8) is 0 Å². The van der Waals surface area contributed by atoms with Gasteiger partial charge in [0.05, 0.1) is 16.2 Å². The highest BCUT2D eigenvalue weighted by molar-refractivity contribution is 8.18. The monoisotopic (exact) mass is 380 g/mol. The third kappa shape index (κ3) is 4.28. The van der Waals surface area contributed by atoms with E-state index in [0.717, 1.165) is 17.7 Å². The number of carbonyl (C=O) groups excluding carboxylic acids is 1. The van der Waals surface area contributed by atoms with E-state index >= 15 is 0 Å². The van der Waals surface area contributed by atoms with Gasteiger partial charge in [-0.2, -0.15) is 0 Å². The number of aliphatic imine (C=N–C) groups is 1. The zero-order chi connectivity index (χ0) is 19.4. The van der Waals surface area contributed by atoms with Crippen LogP contribution in [0.5, 0.6) is 0 Å². The highest BCUT2D eigenvalue weighted by Crippen LogP contribution is 2.35. The molecular weight excluding hydrogens is 360 g/mol. The SMILES string of the molecule is CC[C@H](C)N1C(=O)/C(=C\c2ccc(C(=O)O)cc2)SC1=Nc1ccccc1. The molecule has 0 aromatic heterocycles. The minimum absolute atomic E-state index is 0.0350. The van der Waals surface area contributed by atoms with E-state index in [1.807, 2.05) is 44.2 Å². The van der Waals surface area contributed by atoms with Gasteiger partial charge in [-0.3, -0.25) is 9.69 Å². The standard InChI is InChI=1S/C21H20N2O3S/c1-3-14(2)23-19(24)18(13-15-9-11-16(12-10-15)20(25)26)27-21(23)22-17-7-5-4-6-8-17/h4-14H,3H2,1-2H3,(H,25,26)/b18-13+,22-21?/t14-/m0/s1. The smallest absolute Gasteiger partial charge is 0.335 e. The maximum atomic E-state index is 12.9. The summed E-state index contributed by atoms with van der Waals surface area (Å²) in [7, 11) is 0. The zero-order valence-electron chi connectivity index (χ0n) is 15.1. The number of carboxylic acids is 1. The third-order valence-corrected chi connectivity index (χ3v) is 5.29. The molecule has 0 spiro atoms. The van der Waals surface area contributed by atoms with Gasteiger partial charge in [0.15, 0.2) is 5.17 Å². The minimum atomic E-state index is -0.972. The van der Waals surface area contributed by atoms with Gasteiger partial charge in [0, 0.05) is 6.04 Å². The van der Waals surface area contributed by atoms with Crippen LogP contribution in [0.15, 0.2) is 64.5 Å². The summed E-state index contributed by atoms with van der Waals surface area (Å²) in [6.07, 6.45) is 2.60. The molecule has 138 valence electrons. The summed E-state index contributed by atoms with van der Waals surface area (Å²) in [4.78, 5) is 30.9. The molecule has 5 nitrogen and oxygen atoms in total. The zero-order valence-corrected chi connectivity index (χ0v) is 15.9. The second kappa shape index (κ2) is 8.22. The number of hydrogen-bond acceptors (Lipinski definition) is 4. The van der Waals surface area contributed by atoms with Crippen molar-refractivity contribution in [3.8, 4) is 0 Å². The Labute approximate surface area is 162 Å². The molecule has 1 amide bonds. The number of nitrogens with zero attached hydrogens (tertiary/aromatic N) is 2. The van der Waals surface area contributed by atoms with Crippen LogP contribution in [0, 0.1) is 0 Å². The molecule has 0 radical (unpaired) electrons. The largest absolute Gasteiger partial charge is 0.478 e. The summed E-state index contributed by atoms with van der Waals surface area (Å²) in [5.41, 5.74) is 1.80. The molecule has 2 aromatic rings. The van der Waals surface area contributed by atoms with Crippen LogP contribution in [-0.4, -0.2) is 33.1 Å². The first-order valence-electron chi connectivity index (χ1n) is 8.69. The van der Waals surface area contributed by atoms with Crippen LogP contribution in [0.1, 0.15) is 36.2 Å². The number of carboxylic acid groups (broad SMARTS) is 1. The summed E-state index contributed by atoms with van der Waals surface area (Å²) in [5.74, 6) is -1.05. The summed E-state index contributed by atoms with van der Waals surface area (Å²) < 4.78 is 0. The van der Waals surface area contributed by atoms with Crippen LogP contribution in [0.2, 0.25) is 0 Å². The van der Waals surface area contributed by atoms with Gasteiger partial charge in [0.2, 0.25) is 0 Å². The van der Waals surface area contributed by atoms with Crippen LogP contribution in [-0.2, 0) is 4.79 Å². The number of amidine groups is 1. The number of benzene rings is 2. The fraction of sp³-hybridized carbons (Fsp3) is 0.190. The van der Waals surface area contributed by atoms with Gasteiger partial charge in [0.25, 0.3) is 5.91 Å². The number of para-hydroxylation sites is 1. The number of carbonyl (C=O) groups is 2. The second-order valence-corrected chi connectivity index (χ2v) is 7.21. The number of aromatic carboxylic acids is 1. The van der Waals surface area contributed by atoms with Crippen molar-refractivity contribution in [2.24, 2.45) is 4.99 Å². The molecule has 1 heterocycles. The first kappa shape index (κ1) is 18.9. The van der Waals surface area contributed by atoms with Crippen LogP contribution >= 0.6 is 11.8 Å². The van der Waals surface area contributed by atoms with Gasteiger partial charge in [-0.1, -0.05) is 37.3 Å². The first-order chi connectivity index (χ1) is 13.0. The van der Waals surface area contributed by atoms with Crippen molar-refractivity contribution in [1.82, 2.24) is 4.90 Å². The summed E-state index contributed by atoms with van der Waals surface area (Å²) in [6.45, 7) is 4.04. The highest BCUT2D eigenvalue weighted by Gasteiger charge is 2.36. The predicted molar refractivity (Wildman–Crippen MR) is 109 cm³/mol. The molecule has 1 fully saturated rings. The molecule has 2 aromatic carbocycles. The molecule has 0 bridgehead atoms. The maximum Gasteiger partial charge on any atom is 0.335 e. The average Bonchev–Trinajstić information content (AvgIpc) is 2.97. The number of amides is 1. The van der Waals surface area contributed by atoms with Gasteiger partial charge in [0.1, 0.15) is 0 Å². The molecule has 0 unspecified atom stereocenters. The number of hydrogen-bond donors (Lipinski definition) is 1. The summed E-state index contributed by atoms with van der Waals surface area (Å²) in [5, 5.41) is 9.66. The molecule has 0 aliphatic carbocycles. The second-order valence-electron chi connectivity index (χ2n) is 6.20. The minimum Gasteiger partial charge on any atom is -0.478 e. The van der Waals surface area contributed by atoms with Crippen LogP contribution in [0.4, 0.5) is 5.69 Å². The first-order valence-corrected chi connectivity index (χ1v) is 9.51. The Kier molecular flexibility index (Phi) is 5.76. The average molecular weight is 380 g/mol. The molecule has 1 saturated heterocycles. The van der Waals surface area contributed by atoms with Gasteiger partial charge in [-0.05, 0) is 61.0 Å². The molecule has 3 rings (SSSR count). The lowest BCUT2D eigenvalue weighted by atomic mass is 10.1. The van der Waals surface area contributed by atoms with Crippen molar-refractivity contribution in [1.29, 1.82) is 0 Å². The molecule has 27 heavy (non-hydrogen) atoms. The Hall–Kier alpha value is -2.86. The Morgan fingerprint density at radius 1 is 1.19 bits per heavy atom. The molecule has 0 saturated carbocycles. The van der Waals surface area contributed by atoms with Crippen molar-refractivity contribution < 1.29 is 14.7 Å². The Morgan fingerprint density at radius 2 is 1.85 bits per heavy atom.